The van der Waals surface area contributed by atoms with Gasteiger partial charge in [0.1, 0.15) is 24.4 Å². The predicted octanol–water partition coefficient (Wildman–Crippen LogP) is 9.56. The molecule has 0 spiro atoms. The van der Waals surface area contributed by atoms with E-state index in [1.807, 2.05) is 6.92 Å². The molecule has 0 aromatic heterocycles. The molecule has 9 nitrogen and oxygen atoms in total. The Labute approximate surface area is 332 Å². The van der Waals surface area contributed by atoms with E-state index in [9.17, 15) is 30.3 Å². The number of ether oxygens (including phenoxy) is 2. The van der Waals surface area contributed by atoms with E-state index in [0.717, 1.165) is 19.3 Å². The third-order valence-electron chi connectivity index (χ3n) is 11.4. The zero-order chi connectivity index (χ0) is 39.5. The SMILES string of the molecule is CCCCCCCCCCCCCCCCCCCCCCCCCCCCCCCCC(O)C(COC1OC(CO)C(O)C(O)C1O)NC(=O)CCC. The van der Waals surface area contributed by atoms with Gasteiger partial charge in [0.2, 0.25) is 5.91 Å². The summed E-state index contributed by atoms with van der Waals surface area (Å²) in [4.78, 5) is 12.3. The smallest absolute Gasteiger partial charge is 0.220 e. The van der Waals surface area contributed by atoms with E-state index in [0.29, 0.717) is 19.3 Å². The number of carbonyl (C=O) groups excluding carboxylic acids is 1. The molecule has 322 valence electrons. The van der Waals surface area contributed by atoms with Crippen molar-refractivity contribution in [3.8, 4) is 0 Å². The molecule has 0 saturated carbocycles. The van der Waals surface area contributed by atoms with Gasteiger partial charge in [-0.3, -0.25) is 4.79 Å². The molecule has 0 aromatic rings. The predicted molar refractivity (Wildman–Crippen MR) is 221 cm³/mol. The minimum absolute atomic E-state index is 0.140. The van der Waals surface area contributed by atoms with Gasteiger partial charge in [-0.2, -0.15) is 0 Å². The molecule has 0 bridgehead atoms. The lowest BCUT2D eigenvalue weighted by atomic mass is 9.99. The topological polar surface area (TPSA) is 149 Å². The summed E-state index contributed by atoms with van der Waals surface area (Å²) in [6.07, 6.45) is 34.6. The van der Waals surface area contributed by atoms with Crippen LogP contribution in [-0.4, -0.2) is 87.5 Å². The van der Waals surface area contributed by atoms with Gasteiger partial charge in [-0.15, -0.1) is 0 Å². The van der Waals surface area contributed by atoms with Crippen LogP contribution in [0.1, 0.15) is 226 Å². The van der Waals surface area contributed by atoms with Crippen LogP contribution >= 0.6 is 0 Å². The number of hydrogen-bond donors (Lipinski definition) is 6. The molecule has 1 fully saturated rings. The lowest BCUT2D eigenvalue weighted by Crippen LogP contribution is -2.60. The maximum atomic E-state index is 12.3. The largest absolute Gasteiger partial charge is 0.394 e. The monoisotopic (exact) mass is 772 g/mol. The highest BCUT2D eigenvalue weighted by atomic mass is 16.7. The summed E-state index contributed by atoms with van der Waals surface area (Å²) in [6, 6.07) is -0.708. The first-order valence-electron chi connectivity index (χ1n) is 23.2. The summed E-state index contributed by atoms with van der Waals surface area (Å²) in [5.41, 5.74) is 0. The highest BCUT2D eigenvalue weighted by Crippen LogP contribution is 2.23. The lowest BCUT2D eigenvalue weighted by molar-refractivity contribution is -0.302. The molecule has 1 amide bonds. The normalized spacial score (nSPS) is 21.4. The first kappa shape index (κ1) is 51.2. The van der Waals surface area contributed by atoms with Crippen LogP contribution < -0.4 is 5.32 Å². The first-order valence-corrected chi connectivity index (χ1v) is 23.2. The van der Waals surface area contributed by atoms with Gasteiger partial charge in [0.25, 0.3) is 0 Å². The minimum atomic E-state index is -1.54. The quantitative estimate of drug-likeness (QED) is 0.0339. The van der Waals surface area contributed by atoms with Crippen molar-refractivity contribution in [1.82, 2.24) is 5.32 Å². The van der Waals surface area contributed by atoms with Crippen molar-refractivity contribution in [2.24, 2.45) is 0 Å². The highest BCUT2D eigenvalue weighted by molar-refractivity contribution is 5.76. The van der Waals surface area contributed by atoms with E-state index < -0.39 is 49.5 Å². The molecular weight excluding hydrogens is 682 g/mol. The fourth-order valence-corrected chi connectivity index (χ4v) is 7.74. The maximum Gasteiger partial charge on any atom is 0.220 e. The Hall–Kier alpha value is -0.810. The second-order valence-electron chi connectivity index (χ2n) is 16.6. The molecule has 0 aliphatic carbocycles. The van der Waals surface area contributed by atoms with Crippen molar-refractivity contribution in [2.45, 2.75) is 269 Å². The van der Waals surface area contributed by atoms with Crippen LogP contribution in [0.4, 0.5) is 0 Å². The molecule has 0 radical (unpaired) electrons. The van der Waals surface area contributed by atoms with Gasteiger partial charge < -0.3 is 40.3 Å². The number of aliphatic hydroxyl groups excluding tert-OH is 5. The van der Waals surface area contributed by atoms with Crippen molar-refractivity contribution >= 4 is 5.91 Å². The molecule has 7 atom stereocenters. The molecule has 54 heavy (non-hydrogen) atoms. The second kappa shape index (κ2) is 36.5. The fourth-order valence-electron chi connectivity index (χ4n) is 7.74. The number of rotatable bonds is 39. The lowest BCUT2D eigenvalue weighted by Gasteiger charge is -2.40. The van der Waals surface area contributed by atoms with Crippen molar-refractivity contribution in [3.63, 3.8) is 0 Å². The van der Waals surface area contributed by atoms with Crippen LogP contribution in [0.3, 0.4) is 0 Å². The van der Waals surface area contributed by atoms with E-state index >= 15 is 0 Å². The Bertz CT molecular complexity index is 817. The van der Waals surface area contributed by atoms with Gasteiger partial charge in [0, 0.05) is 6.42 Å². The molecule has 7 unspecified atom stereocenters. The minimum Gasteiger partial charge on any atom is -0.394 e. The number of aliphatic hydroxyl groups is 5. The van der Waals surface area contributed by atoms with Crippen LogP contribution in [0, 0.1) is 0 Å². The third-order valence-corrected chi connectivity index (χ3v) is 11.4. The molecule has 1 aliphatic rings. The van der Waals surface area contributed by atoms with Crippen LogP contribution in [0.25, 0.3) is 0 Å². The van der Waals surface area contributed by atoms with Gasteiger partial charge in [-0.25, -0.2) is 0 Å². The van der Waals surface area contributed by atoms with Crippen molar-refractivity contribution in [1.29, 1.82) is 0 Å². The number of hydrogen-bond acceptors (Lipinski definition) is 8. The molecule has 9 heteroatoms. The second-order valence-corrected chi connectivity index (χ2v) is 16.6. The Morgan fingerprint density at radius 1 is 0.556 bits per heavy atom. The van der Waals surface area contributed by atoms with Crippen LogP contribution in [0.5, 0.6) is 0 Å². The molecule has 1 aliphatic heterocycles. The van der Waals surface area contributed by atoms with Crippen LogP contribution in [0.15, 0.2) is 0 Å². The Kier molecular flexibility index (Phi) is 34.6. The average molecular weight is 772 g/mol. The van der Waals surface area contributed by atoms with E-state index in [-0.39, 0.29) is 12.5 Å². The maximum absolute atomic E-state index is 12.3. The zero-order valence-electron chi connectivity index (χ0n) is 35.3. The molecule has 1 heterocycles. The van der Waals surface area contributed by atoms with Crippen molar-refractivity contribution in [3.05, 3.63) is 0 Å². The van der Waals surface area contributed by atoms with Gasteiger partial charge in [0.15, 0.2) is 6.29 Å². The Morgan fingerprint density at radius 2 is 0.926 bits per heavy atom. The highest BCUT2D eigenvalue weighted by Gasteiger charge is 2.44. The van der Waals surface area contributed by atoms with Gasteiger partial charge in [0.05, 0.1) is 25.4 Å². The molecule has 0 aromatic carbocycles. The van der Waals surface area contributed by atoms with Gasteiger partial charge in [-0.1, -0.05) is 206 Å². The summed E-state index contributed by atoms with van der Waals surface area (Å²) >= 11 is 0. The van der Waals surface area contributed by atoms with Gasteiger partial charge >= 0.3 is 0 Å². The number of amides is 1. The van der Waals surface area contributed by atoms with Gasteiger partial charge in [-0.05, 0) is 12.8 Å². The fraction of sp³-hybridized carbons (Fsp3) is 0.978. The van der Waals surface area contributed by atoms with E-state index in [1.54, 1.807) is 0 Å². The van der Waals surface area contributed by atoms with E-state index in [2.05, 4.69) is 12.2 Å². The summed E-state index contributed by atoms with van der Waals surface area (Å²) in [6.45, 7) is 3.50. The standard InChI is InChI=1S/C45H89NO8/c1-3-5-6-7-8-9-10-11-12-13-14-15-16-17-18-19-20-21-22-23-24-25-26-27-28-29-30-31-32-33-35-39(48)38(46-41(49)34-4-2)37-53-45-44(52)43(51)42(50)40(36-47)54-45/h38-40,42-45,47-48,50-52H,3-37H2,1-2H3,(H,46,49). The number of unbranched alkanes of at least 4 members (excludes halogenated alkanes) is 29. The summed E-state index contributed by atoms with van der Waals surface area (Å²) < 4.78 is 11.1. The average Bonchev–Trinajstić information content (AvgIpc) is 3.17. The van der Waals surface area contributed by atoms with Crippen molar-refractivity contribution in [2.75, 3.05) is 13.2 Å². The molecule has 1 rings (SSSR count). The zero-order valence-corrected chi connectivity index (χ0v) is 35.3. The molecule has 1 saturated heterocycles. The Balaban J connectivity index is 1.94. The molecule has 6 N–H and O–H groups in total. The van der Waals surface area contributed by atoms with Crippen LogP contribution in [0.2, 0.25) is 0 Å². The molecular formula is C45H89NO8. The first-order chi connectivity index (χ1) is 26.3. The summed E-state index contributed by atoms with van der Waals surface area (Å²) in [5.74, 6) is -0.195. The van der Waals surface area contributed by atoms with E-state index in [1.165, 1.54) is 173 Å². The third kappa shape index (κ3) is 26.9. The Morgan fingerprint density at radius 3 is 1.28 bits per heavy atom. The summed E-state index contributed by atoms with van der Waals surface area (Å²) in [5, 5.41) is 53.4. The van der Waals surface area contributed by atoms with Crippen LogP contribution in [-0.2, 0) is 14.3 Å². The number of carbonyl (C=O) groups is 1. The van der Waals surface area contributed by atoms with E-state index in [4.69, 9.17) is 9.47 Å². The van der Waals surface area contributed by atoms with Crippen molar-refractivity contribution < 1.29 is 39.8 Å². The number of nitrogens with one attached hydrogen (secondary N) is 1. The summed E-state index contributed by atoms with van der Waals surface area (Å²) in [7, 11) is 0.